The Kier molecular flexibility index (Phi) is 6.34. The maximum Gasteiger partial charge on any atom is 0.273 e. The predicted octanol–water partition coefficient (Wildman–Crippen LogP) is 2.16. The summed E-state index contributed by atoms with van der Waals surface area (Å²) >= 11 is 1.31. The monoisotopic (exact) mass is 387 g/mol. The Labute approximate surface area is 159 Å². The normalized spacial score (nSPS) is 11.9. The number of non-ortho nitro benzene ring substituents is 1. The van der Waals surface area contributed by atoms with Gasteiger partial charge in [-0.25, -0.2) is 4.68 Å². The van der Waals surface area contributed by atoms with Crippen LogP contribution in [0.5, 0.6) is 5.75 Å². The average molecular weight is 387 g/mol. The molecule has 9 nitrogen and oxygen atoms in total. The first kappa shape index (κ1) is 18.8. The summed E-state index contributed by atoms with van der Waals surface area (Å²) in [5.41, 5.74) is 1.01. The molecule has 3 aromatic rings. The van der Waals surface area contributed by atoms with E-state index in [9.17, 15) is 15.2 Å². The molecule has 1 N–H and O–H groups in total. The lowest BCUT2D eigenvalue weighted by atomic mass is 10.2. The molecule has 0 radical (unpaired) electrons. The molecule has 0 saturated carbocycles. The number of nitro benzene ring substituents is 1. The van der Waals surface area contributed by atoms with E-state index in [1.165, 1.54) is 30.0 Å². The van der Waals surface area contributed by atoms with Crippen LogP contribution >= 0.6 is 11.8 Å². The van der Waals surface area contributed by atoms with Crippen LogP contribution in [0.15, 0.2) is 59.8 Å². The number of hydrogen-bond donors (Lipinski definition) is 1. The molecule has 27 heavy (non-hydrogen) atoms. The van der Waals surface area contributed by atoms with Gasteiger partial charge in [0.25, 0.3) is 5.69 Å². The van der Waals surface area contributed by atoms with Gasteiger partial charge in [-0.3, -0.25) is 10.1 Å². The number of nitrogens with zero attached hydrogens (tertiary/aromatic N) is 5. The van der Waals surface area contributed by atoms with Gasteiger partial charge in [-0.1, -0.05) is 48.2 Å². The van der Waals surface area contributed by atoms with Crippen molar-refractivity contribution in [3.8, 4) is 5.75 Å². The van der Waals surface area contributed by atoms with E-state index in [-0.39, 0.29) is 12.3 Å². The second-order valence-electron chi connectivity index (χ2n) is 5.64. The van der Waals surface area contributed by atoms with Gasteiger partial charge < -0.3 is 9.84 Å². The van der Waals surface area contributed by atoms with Crippen molar-refractivity contribution in [1.29, 1.82) is 0 Å². The SMILES string of the molecule is O=[N+]([O-])c1cccc(OC[C@@H](O)CSc2nnnn2Cc2ccccc2)c1. The summed E-state index contributed by atoms with van der Waals surface area (Å²) in [5.74, 6) is 0.659. The fourth-order valence-electron chi connectivity index (χ4n) is 2.25. The van der Waals surface area contributed by atoms with E-state index in [0.29, 0.717) is 23.2 Å². The molecule has 0 unspecified atom stereocenters. The molecular weight excluding hydrogens is 370 g/mol. The van der Waals surface area contributed by atoms with Gasteiger partial charge in [0.2, 0.25) is 5.16 Å². The molecule has 0 amide bonds. The minimum Gasteiger partial charge on any atom is -0.491 e. The maximum absolute atomic E-state index is 10.8. The Morgan fingerprint density at radius 3 is 2.81 bits per heavy atom. The average Bonchev–Trinajstić information content (AvgIpc) is 3.12. The Bertz CT molecular complexity index is 890. The van der Waals surface area contributed by atoms with E-state index in [2.05, 4.69) is 15.5 Å². The molecule has 3 rings (SSSR count). The van der Waals surface area contributed by atoms with Gasteiger partial charge in [-0.15, -0.1) is 5.10 Å². The van der Waals surface area contributed by atoms with Crippen molar-refractivity contribution in [1.82, 2.24) is 20.2 Å². The number of hydrogen-bond acceptors (Lipinski definition) is 8. The van der Waals surface area contributed by atoms with Gasteiger partial charge >= 0.3 is 0 Å². The molecule has 0 bridgehead atoms. The minimum absolute atomic E-state index is 0.00835. The molecule has 2 aromatic carbocycles. The molecule has 10 heteroatoms. The zero-order valence-electron chi connectivity index (χ0n) is 14.2. The molecule has 0 aliphatic carbocycles. The summed E-state index contributed by atoms with van der Waals surface area (Å²) in [6.07, 6.45) is -0.781. The molecule has 1 atom stereocenters. The third-order valence-electron chi connectivity index (χ3n) is 3.55. The van der Waals surface area contributed by atoms with Crippen molar-refractivity contribution >= 4 is 17.4 Å². The lowest BCUT2D eigenvalue weighted by Gasteiger charge is -2.12. The van der Waals surface area contributed by atoms with Crippen LogP contribution in [0.2, 0.25) is 0 Å². The van der Waals surface area contributed by atoms with Crippen LogP contribution in [0, 0.1) is 10.1 Å². The van der Waals surface area contributed by atoms with Crippen LogP contribution < -0.4 is 4.74 Å². The molecule has 140 valence electrons. The predicted molar refractivity (Wildman–Crippen MR) is 98.7 cm³/mol. The maximum atomic E-state index is 10.8. The Morgan fingerprint density at radius 2 is 2.04 bits per heavy atom. The van der Waals surface area contributed by atoms with Gasteiger partial charge in [0.15, 0.2) is 0 Å². The molecule has 1 heterocycles. The number of tetrazole rings is 1. The highest BCUT2D eigenvalue weighted by molar-refractivity contribution is 7.99. The van der Waals surface area contributed by atoms with Crippen molar-refractivity contribution in [2.75, 3.05) is 12.4 Å². The topological polar surface area (TPSA) is 116 Å². The molecule has 1 aromatic heterocycles. The summed E-state index contributed by atoms with van der Waals surface area (Å²) in [7, 11) is 0. The van der Waals surface area contributed by atoms with Crippen LogP contribution in [-0.2, 0) is 6.54 Å². The van der Waals surface area contributed by atoms with Crippen LogP contribution in [-0.4, -0.2) is 48.7 Å². The first-order valence-corrected chi connectivity index (χ1v) is 9.08. The van der Waals surface area contributed by atoms with Gasteiger partial charge in [0.05, 0.1) is 23.6 Å². The van der Waals surface area contributed by atoms with E-state index < -0.39 is 11.0 Å². The molecule has 0 spiro atoms. The molecule has 0 fully saturated rings. The van der Waals surface area contributed by atoms with Crippen molar-refractivity contribution < 1.29 is 14.8 Å². The zero-order chi connectivity index (χ0) is 19.1. The first-order valence-electron chi connectivity index (χ1n) is 8.10. The Balaban J connectivity index is 1.50. The second-order valence-corrected chi connectivity index (χ2v) is 6.62. The van der Waals surface area contributed by atoms with Crippen LogP contribution in [0.1, 0.15) is 5.56 Å². The van der Waals surface area contributed by atoms with E-state index in [1.54, 1.807) is 10.7 Å². The van der Waals surface area contributed by atoms with Gasteiger partial charge in [0, 0.05) is 11.8 Å². The zero-order valence-corrected chi connectivity index (χ0v) is 15.0. The van der Waals surface area contributed by atoms with Gasteiger partial charge in [0.1, 0.15) is 12.4 Å². The third-order valence-corrected chi connectivity index (χ3v) is 4.65. The highest BCUT2D eigenvalue weighted by Crippen LogP contribution is 2.20. The highest BCUT2D eigenvalue weighted by Gasteiger charge is 2.13. The molecule has 0 aliphatic heterocycles. The first-order chi connectivity index (χ1) is 13.1. The largest absolute Gasteiger partial charge is 0.491 e. The fraction of sp³-hybridized carbons (Fsp3) is 0.235. The van der Waals surface area contributed by atoms with Crippen LogP contribution in [0.25, 0.3) is 0 Å². The third kappa shape index (κ3) is 5.50. The second kappa shape index (κ2) is 9.10. The van der Waals surface area contributed by atoms with Crippen molar-refractivity contribution in [3.05, 3.63) is 70.3 Å². The number of thioether (sulfide) groups is 1. The smallest absolute Gasteiger partial charge is 0.273 e. The summed E-state index contributed by atoms with van der Waals surface area (Å²) < 4.78 is 7.09. The van der Waals surface area contributed by atoms with Crippen LogP contribution in [0.4, 0.5) is 5.69 Å². The van der Waals surface area contributed by atoms with E-state index in [0.717, 1.165) is 5.56 Å². The Hall–Kier alpha value is -2.98. The number of ether oxygens (including phenoxy) is 1. The number of benzene rings is 2. The molecular formula is C17H17N5O4S. The number of aliphatic hydroxyl groups is 1. The quantitative estimate of drug-likeness (QED) is 0.337. The lowest BCUT2D eigenvalue weighted by Crippen LogP contribution is -2.20. The Morgan fingerprint density at radius 1 is 1.22 bits per heavy atom. The summed E-state index contributed by atoms with van der Waals surface area (Å²) in [5, 5.41) is 33.1. The van der Waals surface area contributed by atoms with Crippen molar-refractivity contribution in [3.63, 3.8) is 0 Å². The van der Waals surface area contributed by atoms with Crippen molar-refractivity contribution in [2.24, 2.45) is 0 Å². The minimum atomic E-state index is -0.781. The number of nitro groups is 1. The standard InChI is InChI=1S/C17H17N5O4S/c23-15(11-26-16-8-4-7-14(9-16)22(24)25)12-27-17-18-19-20-21(17)10-13-5-2-1-3-6-13/h1-9,15,23H,10-12H2/t15-/m1/s1. The highest BCUT2D eigenvalue weighted by atomic mass is 32.2. The summed E-state index contributed by atoms with van der Waals surface area (Å²) in [6.45, 7) is 0.546. The van der Waals surface area contributed by atoms with E-state index >= 15 is 0 Å². The van der Waals surface area contributed by atoms with E-state index in [4.69, 9.17) is 4.74 Å². The number of rotatable bonds is 9. The van der Waals surface area contributed by atoms with Gasteiger partial charge in [-0.2, -0.15) is 0 Å². The number of aromatic nitrogens is 4. The van der Waals surface area contributed by atoms with Crippen molar-refractivity contribution in [2.45, 2.75) is 17.8 Å². The van der Waals surface area contributed by atoms with E-state index in [1.807, 2.05) is 30.3 Å². The van der Waals surface area contributed by atoms with Gasteiger partial charge in [-0.05, 0) is 22.1 Å². The number of aliphatic hydroxyl groups excluding tert-OH is 1. The molecule has 0 saturated heterocycles. The summed E-state index contributed by atoms with van der Waals surface area (Å²) in [4.78, 5) is 10.3. The molecule has 0 aliphatic rings. The van der Waals surface area contributed by atoms with Crippen LogP contribution in [0.3, 0.4) is 0 Å². The fourth-order valence-corrected chi connectivity index (χ4v) is 3.04. The summed E-state index contributed by atoms with van der Waals surface area (Å²) in [6, 6.07) is 15.6. The lowest BCUT2D eigenvalue weighted by molar-refractivity contribution is -0.384.